The topological polar surface area (TPSA) is 27.6 Å². The van der Waals surface area contributed by atoms with Crippen molar-refractivity contribution in [1.29, 1.82) is 0 Å². The van der Waals surface area contributed by atoms with Gasteiger partial charge in [0.25, 0.3) is 0 Å². The van der Waals surface area contributed by atoms with Crippen LogP contribution in [0.25, 0.3) is 0 Å². The largest absolute Gasteiger partial charge is 0.297 e. The third-order valence-corrected chi connectivity index (χ3v) is 4.33. The van der Waals surface area contributed by atoms with Crippen molar-refractivity contribution in [2.75, 3.05) is 18.2 Å². The van der Waals surface area contributed by atoms with E-state index in [1.807, 2.05) is 24.3 Å². The standard InChI is InChI=1S/C17H19N3S/c1-17(14-9-5-3-6-10-14)13-20(16(18-17)21-2)19-15-11-7-4-8-12-15/h3-12,19H,13H2,1-2H3/t17-/m1/s1. The van der Waals surface area contributed by atoms with Crippen molar-refractivity contribution in [3.63, 3.8) is 0 Å². The van der Waals surface area contributed by atoms with Crippen LogP contribution in [0.5, 0.6) is 0 Å². The predicted molar refractivity (Wildman–Crippen MR) is 91.5 cm³/mol. The van der Waals surface area contributed by atoms with Gasteiger partial charge in [0, 0.05) is 0 Å². The van der Waals surface area contributed by atoms with Gasteiger partial charge in [0.05, 0.1) is 12.2 Å². The van der Waals surface area contributed by atoms with Crippen LogP contribution in [-0.4, -0.2) is 23.0 Å². The first-order chi connectivity index (χ1) is 10.2. The van der Waals surface area contributed by atoms with Crippen molar-refractivity contribution in [3.8, 4) is 0 Å². The summed E-state index contributed by atoms with van der Waals surface area (Å²) >= 11 is 1.67. The molecule has 0 aromatic heterocycles. The molecule has 1 heterocycles. The maximum atomic E-state index is 4.93. The fourth-order valence-corrected chi connectivity index (χ4v) is 3.17. The number of benzene rings is 2. The third-order valence-electron chi connectivity index (χ3n) is 3.66. The first-order valence-electron chi connectivity index (χ1n) is 7.00. The zero-order valence-corrected chi connectivity index (χ0v) is 13.1. The van der Waals surface area contributed by atoms with Crippen molar-refractivity contribution < 1.29 is 0 Å². The van der Waals surface area contributed by atoms with Crippen molar-refractivity contribution in [3.05, 3.63) is 66.2 Å². The summed E-state index contributed by atoms with van der Waals surface area (Å²) in [6.07, 6.45) is 2.06. The summed E-state index contributed by atoms with van der Waals surface area (Å²) in [6.45, 7) is 3.01. The van der Waals surface area contributed by atoms with Gasteiger partial charge < -0.3 is 0 Å². The van der Waals surface area contributed by atoms with Crippen molar-refractivity contribution >= 4 is 22.6 Å². The minimum absolute atomic E-state index is 0.207. The van der Waals surface area contributed by atoms with Gasteiger partial charge in [-0.2, -0.15) is 0 Å². The molecule has 1 aliphatic heterocycles. The summed E-state index contributed by atoms with van der Waals surface area (Å²) in [5, 5.41) is 3.15. The Kier molecular flexibility index (Phi) is 3.88. The van der Waals surface area contributed by atoms with Crippen LogP contribution in [0.3, 0.4) is 0 Å². The molecule has 4 heteroatoms. The molecule has 3 rings (SSSR count). The maximum absolute atomic E-state index is 4.93. The second kappa shape index (κ2) is 5.82. The SMILES string of the molecule is CSC1=N[C@@](C)(c2ccccc2)CN1Nc1ccccc1. The Labute approximate surface area is 130 Å². The Bertz CT molecular complexity index is 627. The number of nitrogens with one attached hydrogen (secondary N) is 1. The Morgan fingerprint density at radius 2 is 1.67 bits per heavy atom. The van der Waals surface area contributed by atoms with Crippen LogP contribution in [0.2, 0.25) is 0 Å². The van der Waals surface area contributed by atoms with E-state index in [-0.39, 0.29) is 5.54 Å². The van der Waals surface area contributed by atoms with Crippen molar-refractivity contribution in [1.82, 2.24) is 5.01 Å². The maximum Gasteiger partial charge on any atom is 0.178 e. The average molecular weight is 297 g/mol. The number of para-hydroxylation sites is 1. The highest BCUT2D eigenvalue weighted by Crippen LogP contribution is 2.34. The molecule has 0 radical (unpaired) electrons. The fraction of sp³-hybridized carbons (Fsp3) is 0.235. The van der Waals surface area contributed by atoms with Crippen LogP contribution < -0.4 is 5.43 Å². The molecule has 0 spiro atoms. The second-order valence-corrected chi connectivity index (χ2v) is 6.08. The molecule has 0 saturated heterocycles. The zero-order chi connectivity index (χ0) is 14.7. The van der Waals surface area contributed by atoms with E-state index in [1.165, 1.54) is 5.56 Å². The molecule has 0 unspecified atom stereocenters. The second-order valence-electron chi connectivity index (χ2n) is 5.30. The number of amidine groups is 1. The van der Waals surface area contributed by atoms with Crippen LogP contribution in [-0.2, 0) is 5.54 Å². The number of hydrogen-bond acceptors (Lipinski definition) is 4. The van der Waals surface area contributed by atoms with E-state index < -0.39 is 0 Å². The molecule has 1 atom stereocenters. The summed E-state index contributed by atoms with van der Waals surface area (Å²) in [5.41, 5.74) is 5.57. The van der Waals surface area contributed by atoms with Gasteiger partial charge in [0.15, 0.2) is 5.17 Å². The number of hydrogen-bond donors (Lipinski definition) is 1. The number of thioether (sulfide) groups is 1. The summed E-state index contributed by atoms with van der Waals surface area (Å²) in [7, 11) is 0. The first-order valence-corrected chi connectivity index (χ1v) is 8.22. The van der Waals surface area contributed by atoms with E-state index in [0.717, 1.165) is 17.4 Å². The lowest BCUT2D eigenvalue weighted by Gasteiger charge is -2.26. The molecular weight excluding hydrogens is 278 g/mol. The minimum atomic E-state index is -0.207. The summed E-state index contributed by atoms with van der Waals surface area (Å²) < 4.78 is 0. The van der Waals surface area contributed by atoms with E-state index in [2.05, 4.69) is 60.0 Å². The van der Waals surface area contributed by atoms with E-state index in [0.29, 0.717) is 0 Å². The fourth-order valence-electron chi connectivity index (χ4n) is 2.55. The highest BCUT2D eigenvalue weighted by atomic mass is 32.2. The van der Waals surface area contributed by atoms with E-state index >= 15 is 0 Å². The predicted octanol–water partition coefficient (Wildman–Crippen LogP) is 3.96. The van der Waals surface area contributed by atoms with Gasteiger partial charge in [-0.1, -0.05) is 60.3 Å². The molecule has 0 bridgehead atoms. The van der Waals surface area contributed by atoms with Crippen LogP contribution in [0.1, 0.15) is 12.5 Å². The Hall–Kier alpha value is -1.94. The number of anilines is 1. The molecule has 2 aromatic carbocycles. The Morgan fingerprint density at radius 1 is 1.05 bits per heavy atom. The molecule has 21 heavy (non-hydrogen) atoms. The van der Waals surface area contributed by atoms with Gasteiger partial charge in [-0.25, -0.2) is 4.99 Å². The van der Waals surface area contributed by atoms with Gasteiger partial charge in [0.1, 0.15) is 5.54 Å². The monoisotopic (exact) mass is 297 g/mol. The molecule has 2 aromatic rings. The van der Waals surface area contributed by atoms with Crippen molar-refractivity contribution in [2.24, 2.45) is 4.99 Å². The lowest BCUT2D eigenvalue weighted by Crippen LogP contribution is -2.36. The molecule has 0 aliphatic carbocycles. The molecule has 108 valence electrons. The zero-order valence-electron chi connectivity index (χ0n) is 12.3. The van der Waals surface area contributed by atoms with Gasteiger partial charge in [-0.15, -0.1) is 0 Å². The van der Waals surface area contributed by atoms with Gasteiger partial charge in [0.2, 0.25) is 0 Å². The normalized spacial score (nSPS) is 21.2. The third kappa shape index (κ3) is 2.90. The molecule has 3 nitrogen and oxygen atoms in total. The van der Waals surface area contributed by atoms with E-state index in [9.17, 15) is 0 Å². The minimum Gasteiger partial charge on any atom is -0.297 e. The summed E-state index contributed by atoms with van der Waals surface area (Å²) in [5.74, 6) is 0. The number of hydrazine groups is 1. The summed E-state index contributed by atoms with van der Waals surface area (Å²) in [4.78, 5) is 4.93. The number of aliphatic imine (C=N–C) groups is 1. The Balaban J connectivity index is 1.84. The highest BCUT2D eigenvalue weighted by molar-refractivity contribution is 8.13. The molecule has 1 N–H and O–H groups in total. The smallest absolute Gasteiger partial charge is 0.178 e. The van der Waals surface area contributed by atoms with E-state index in [4.69, 9.17) is 4.99 Å². The van der Waals surface area contributed by atoms with Crippen LogP contribution in [0.15, 0.2) is 65.7 Å². The molecule has 0 saturated carbocycles. The van der Waals surface area contributed by atoms with Crippen LogP contribution in [0, 0.1) is 0 Å². The van der Waals surface area contributed by atoms with Crippen LogP contribution in [0.4, 0.5) is 5.69 Å². The Morgan fingerprint density at radius 3 is 2.29 bits per heavy atom. The summed E-state index contributed by atoms with van der Waals surface area (Å²) in [6, 6.07) is 20.7. The first kappa shape index (κ1) is 14.0. The lowest BCUT2D eigenvalue weighted by atomic mass is 9.93. The molecular formula is C17H19N3S. The number of nitrogens with zero attached hydrogens (tertiary/aromatic N) is 2. The van der Waals surface area contributed by atoms with E-state index in [1.54, 1.807) is 11.8 Å². The van der Waals surface area contributed by atoms with Crippen LogP contribution >= 0.6 is 11.8 Å². The highest BCUT2D eigenvalue weighted by Gasteiger charge is 2.36. The quantitative estimate of drug-likeness (QED) is 0.929. The lowest BCUT2D eigenvalue weighted by molar-refractivity contribution is 0.408. The molecule has 0 amide bonds. The van der Waals surface area contributed by atoms with Gasteiger partial charge in [-0.05, 0) is 30.9 Å². The van der Waals surface area contributed by atoms with Gasteiger partial charge in [-0.3, -0.25) is 10.4 Å². The van der Waals surface area contributed by atoms with Crippen molar-refractivity contribution in [2.45, 2.75) is 12.5 Å². The number of rotatable bonds is 3. The van der Waals surface area contributed by atoms with Gasteiger partial charge >= 0.3 is 0 Å². The molecule has 0 fully saturated rings. The average Bonchev–Trinajstić information content (AvgIpc) is 2.86. The molecule has 1 aliphatic rings.